The van der Waals surface area contributed by atoms with E-state index in [-0.39, 0.29) is 0 Å². The molecule has 0 aliphatic heterocycles. The zero-order chi connectivity index (χ0) is 11.8. The summed E-state index contributed by atoms with van der Waals surface area (Å²) in [4.78, 5) is 11.5. The Morgan fingerprint density at radius 2 is 2.25 bits per heavy atom. The van der Waals surface area contributed by atoms with Crippen LogP contribution in [0.3, 0.4) is 0 Å². The number of amides is 1. The van der Waals surface area contributed by atoms with Gasteiger partial charge in [-0.3, -0.25) is 5.32 Å². The number of anilines is 1. The summed E-state index contributed by atoms with van der Waals surface area (Å²) in [7, 11) is 0. The summed E-state index contributed by atoms with van der Waals surface area (Å²) in [5.41, 5.74) is -0.478. The first-order valence-corrected chi connectivity index (χ1v) is 5.49. The second kappa shape index (κ2) is 3.81. The molecule has 0 bridgehead atoms. The Kier molecular flexibility index (Phi) is 2.61. The van der Waals surface area contributed by atoms with Gasteiger partial charge in [0.05, 0.1) is 12.2 Å². The third-order valence-electron chi connectivity index (χ3n) is 2.19. The van der Waals surface area contributed by atoms with Crippen LogP contribution in [0.25, 0.3) is 0 Å². The van der Waals surface area contributed by atoms with Crippen LogP contribution >= 0.6 is 0 Å². The summed E-state index contributed by atoms with van der Waals surface area (Å²) >= 11 is 0. The molecule has 1 fully saturated rings. The molecule has 16 heavy (non-hydrogen) atoms. The smallest absolute Gasteiger partial charge is 0.413 e. The van der Waals surface area contributed by atoms with Crippen LogP contribution in [-0.4, -0.2) is 21.5 Å². The van der Waals surface area contributed by atoms with Crippen molar-refractivity contribution in [1.82, 2.24) is 9.78 Å². The van der Waals surface area contributed by atoms with E-state index >= 15 is 0 Å². The average molecular weight is 223 g/mol. The highest BCUT2D eigenvalue weighted by Gasteiger charge is 2.27. The van der Waals surface area contributed by atoms with Crippen molar-refractivity contribution in [3.8, 4) is 0 Å². The molecule has 5 heteroatoms. The summed E-state index contributed by atoms with van der Waals surface area (Å²) < 4.78 is 7.01. The van der Waals surface area contributed by atoms with E-state index in [4.69, 9.17) is 4.74 Å². The fraction of sp³-hybridized carbons (Fsp3) is 0.636. The third kappa shape index (κ3) is 2.74. The molecule has 1 aromatic heterocycles. The first kappa shape index (κ1) is 11.0. The summed E-state index contributed by atoms with van der Waals surface area (Å²) in [6, 6.07) is 2.22. The minimum Gasteiger partial charge on any atom is -0.444 e. The topological polar surface area (TPSA) is 56.1 Å². The van der Waals surface area contributed by atoms with Gasteiger partial charge in [-0.2, -0.15) is 5.10 Å². The van der Waals surface area contributed by atoms with E-state index in [9.17, 15) is 4.79 Å². The lowest BCUT2D eigenvalue weighted by atomic mass is 10.2. The van der Waals surface area contributed by atoms with Gasteiger partial charge in [-0.15, -0.1) is 0 Å². The van der Waals surface area contributed by atoms with Gasteiger partial charge in [0, 0.05) is 6.07 Å². The van der Waals surface area contributed by atoms with E-state index in [2.05, 4.69) is 10.4 Å². The largest absolute Gasteiger partial charge is 0.444 e. The van der Waals surface area contributed by atoms with E-state index in [0.717, 1.165) is 12.8 Å². The van der Waals surface area contributed by atoms with Gasteiger partial charge in [-0.1, -0.05) is 0 Å². The van der Waals surface area contributed by atoms with Gasteiger partial charge in [0.1, 0.15) is 11.4 Å². The quantitative estimate of drug-likeness (QED) is 0.838. The van der Waals surface area contributed by atoms with Crippen LogP contribution in [0.2, 0.25) is 0 Å². The molecule has 1 aliphatic rings. The van der Waals surface area contributed by atoms with E-state index in [0.29, 0.717) is 11.9 Å². The van der Waals surface area contributed by atoms with Gasteiger partial charge in [0.15, 0.2) is 0 Å². The zero-order valence-electron chi connectivity index (χ0n) is 9.86. The first-order chi connectivity index (χ1) is 7.46. The van der Waals surface area contributed by atoms with Crippen molar-refractivity contribution in [3.05, 3.63) is 12.3 Å². The second-order valence-electron chi connectivity index (χ2n) is 5.02. The minimum absolute atomic E-state index is 0.435. The van der Waals surface area contributed by atoms with Crippen molar-refractivity contribution in [2.75, 3.05) is 5.32 Å². The maximum Gasteiger partial charge on any atom is 0.413 e. The van der Waals surface area contributed by atoms with Gasteiger partial charge >= 0.3 is 6.09 Å². The summed E-state index contributed by atoms with van der Waals surface area (Å²) in [5, 5.41) is 6.88. The van der Waals surface area contributed by atoms with Crippen LogP contribution in [0.5, 0.6) is 0 Å². The molecule has 0 saturated heterocycles. The highest BCUT2D eigenvalue weighted by atomic mass is 16.6. The number of ether oxygens (including phenoxy) is 1. The first-order valence-electron chi connectivity index (χ1n) is 5.49. The fourth-order valence-corrected chi connectivity index (χ4v) is 1.43. The van der Waals surface area contributed by atoms with Gasteiger partial charge in [0.2, 0.25) is 0 Å². The molecule has 2 rings (SSSR count). The minimum atomic E-state index is -0.478. The average Bonchev–Trinajstić information content (AvgIpc) is 2.85. The molecule has 1 aliphatic carbocycles. The lowest BCUT2D eigenvalue weighted by molar-refractivity contribution is 0.0634. The van der Waals surface area contributed by atoms with Crippen LogP contribution in [0.1, 0.15) is 39.7 Å². The lowest BCUT2D eigenvalue weighted by Crippen LogP contribution is -2.28. The third-order valence-corrected chi connectivity index (χ3v) is 2.19. The van der Waals surface area contributed by atoms with Crippen molar-refractivity contribution >= 4 is 11.9 Å². The molecule has 1 amide bonds. The highest BCUT2D eigenvalue weighted by Crippen LogP contribution is 2.36. The van der Waals surface area contributed by atoms with E-state index in [1.165, 1.54) is 0 Å². The predicted molar refractivity (Wildman–Crippen MR) is 60.4 cm³/mol. The number of rotatable bonds is 2. The van der Waals surface area contributed by atoms with Crippen LogP contribution in [0.15, 0.2) is 12.3 Å². The van der Waals surface area contributed by atoms with Crippen LogP contribution < -0.4 is 5.32 Å². The van der Waals surface area contributed by atoms with E-state index in [1.807, 2.05) is 25.5 Å². The predicted octanol–water partition coefficient (Wildman–Crippen LogP) is 2.57. The summed E-state index contributed by atoms with van der Waals surface area (Å²) in [6.07, 6.45) is 3.51. The van der Waals surface area contributed by atoms with Gasteiger partial charge in [-0.25, -0.2) is 9.48 Å². The number of hydrogen-bond acceptors (Lipinski definition) is 3. The van der Waals surface area contributed by atoms with Crippen LogP contribution in [0.4, 0.5) is 10.6 Å². The molecule has 0 radical (unpaired) electrons. The normalized spacial score (nSPS) is 15.9. The number of carbonyl (C=O) groups is 1. The van der Waals surface area contributed by atoms with E-state index < -0.39 is 11.7 Å². The van der Waals surface area contributed by atoms with Crippen molar-refractivity contribution in [1.29, 1.82) is 0 Å². The molecule has 1 N–H and O–H groups in total. The molecule has 0 unspecified atom stereocenters. The van der Waals surface area contributed by atoms with Crippen molar-refractivity contribution in [2.24, 2.45) is 0 Å². The summed E-state index contributed by atoms with van der Waals surface area (Å²) in [6.45, 7) is 5.51. The van der Waals surface area contributed by atoms with Crippen LogP contribution in [-0.2, 0) is 4.74 Å². The molecular formula is C11H17N3O2. The number of carbonyl (C=O) groups excluding carboxylic acids is 1. The second-order valence-corrected chi connectivity index (χ2v) is 5.02. The fourth-order valence-electron chi connectivity index (χ4n) is 1.43. The number of nitrogens with zero attached hydrogens (tertiary/aromatic N) is 2. The Bertz CT molecular complexity index is 388. The Morgan fingerprint density at radius 1 is 1.56 bits per heavy atom. The van der Waals surface area contributed by atoms with Crippen molar-refractivity contribution < 1.29 is 9.53 Å². The molecule has 88 valence electrons. The van der Waals surface area contributed by atoms with Gasteiger partial charge < -0.3 is 4.74 Å². The number of aromatic nitrogens is 2. The standard InChI is InChI=1S/C11H17N3O2/c1-11(2,3)16-10(15)13-9-6-7-12-14(9)8-4-5-8/h6-8H,4-5H2,1-3H3,(H,13,15). The maximum atomic E-state index is 11.5. The molecule has 0 atom stereocenters. The zero-order valence-corrected chi connectivity index (χ0v) is 9.86. The molecule has 5 nitrogen and oxygen atoms in total. The SMILES string of the molecule is CC(C)(C)OC(=O)Nc1ccnn1C1CC1. The van der Waals surface area contributed by atoms with Gasteiger partial charge in [0.25, 0.3) is 0 Å². The van der Waals surface area contributed by atoms with Crippen molar-refractivity contribution in [2.45, 2.75) is 45.3 Å². The van der Waals surface area contributed by atoms with Crippen molar-refractivity contribution in [3.63, 3.8) is 0 Å². The maximum absolute atomic E-state index is 11.5. The Labute approximate surface area is 94.8 Å². The summed E-state index contributed by atoms with van der Waals surface area (Å²) in [5.74, 6) is 0.705. The lowest BCUT2D eigenvalue weighted by Gasteiger charge is -2.19. The molecule has 0 aromatic carbocycles. The number of hydrogen-bond donors (Lipinski definition) is 1. The molecule has 1 aromatic rings. The van der Waals surface area contributed by atoms with Crippen LogP contribution in [0, 0.1) is 0 Å². The van der Waals surface area contributed by atoms with E-state index in [1.54, 1.807) is 12.3 Å². The molecule has 1 saturated carbocycles. The molecular weight excluding hydrogens is 206 g/mol. The van der Waals surface area contributed by atoms with Gasteiger partial charge in [-0.05, 0) is 33.6 Å². The Morgan fingerprint density at radius 3 is 2.81 bits per heavy atom. The Hall–Kier alpha value is -1.52. The Balaban J connectivity index is 1.98. The number of nitrogens with one attached hydrogen (secondary N) is 1. The molecule has 0 spiro atoms. The molecule has 1 heterocycles. The monoisotopic (exact) mass is 223 g/mol. The highest BCUT2D eigenvalue weighted by molar-refractivity contribution is 5.83.